The van der Waals surface area contributed by atoms with Crippen LogP contribution in [0.4, 0.5) is 5.69 Å². The molecule has 1 aromatic carbocycles. The summed E-state index contributed by atoms with van der Waals surface area (Å²) < 4.78 is 0. The summed E-state index contributed by atoms with van der Waals surface area (Å²) in [5, 5.41) is 14.0. The smallest absolute Gasteiger partial charge is 0.228 e. The molecule has 1 saturated carbocycles. The quantitative estimate of drug-likeness (QED) is 0.873. The van der Waals surface area contributed by atoms with Gasteiger partial charge in [0.05, 0.1) is 12.5 Å². The third-order valence-electron chi connectivity index (χ3n) is 4.67. The Labute approximate surface area is 124 Å². The lowest BCUT2D eigenvalue weighted by Gasteiger charge is -2.30. The third kappa shape index (κ3) is 2.57. The monoisotopic (exact) mass is 293 g/mol. The van der Waals surface area contributed by atoms with Crippen molar-refractivity contribution in [3.8, 4) is 0 Å². The van der Waals surface area contributed by atoms with Gasteiger partial charge in [-0.3, -0.25) is 4.79 Å². The lowest BCUT2D eigenvalue weighted by molar-refractivity contribution is -0.115. The average molecular weight is 294 g/mol. The summed E-state index contributed by atoms with van der Waals surface area (Å²) in [5.74, 6) is 1.04. The van der Waals surface area contributed by atoms with Gasteiger partial charge in [0.15, 0.2) is 0 Å². The van der Waals surface area contributed by atoms with Crippen LogP contribution >= 0.6 is 11.6 Å². The number of hydrogen-bond donors (Lipinski definition) is 2. The van der Waals surface area contributed by atoms with Gasteiger partial charge in [0.2, 0.25) is 5.91 Å². The Hall–Kier alpha value is -1.06. The van der Waals surface area contributed by atoms with Gasteiger partial charge in [-0.15, -0.1) is 0 Å². The van der Waals surface area contributed by atoms with Crippen LogP contribution in [-0.4, -0.2) is 11.0 Å². The Morgan fingerprint density at radius 2 is 2.00 bits per heavy atom. The van der Waals surface area contributed by atoms with E-state index >= 15 is 0 Å². The van der Waals surface area contributed by atoms with Gasteiger partial charge in [-0.1, -0.05) is 31.4 Å². The second-order valence-corrected chi connectivity index (χ2v) is 6.63. The molecule has 1 atom stereocenters. The van der Waals surface area contributed by atoms with Gasteiger partial charge in [-0.05, 0) is 47.9 Å². The molecule has 2 aliphatic rings. The Morgan fingerprint density at radius 3 is 2.70 bits per heavy atom. The van der Waals surface area contributed by atoms with Crippen molar-refractivity contribution in [3.63, 3.8) is 0 Å². The van der Waals surface area contributed by atoms with E-state index in [9.17, 15) is 9.90 Å². The molecule has 1 fully saturated rings. The highest BCUT2D eigenvalue weighted by Gasteiger charge is 2.29. The number of rotatable bonds is 2. The molecule has 20 heavy (non-hydrogen) atoms. The molecule has 108 valence electrons. The molecule has 4 heteroatoms. The van der Waals surface area contributed by atoms with E-state index in [1.807, 2.05) is 6.07 Å². The van der Waals surface area contributed by atoms with Gasteiger partial charge in [0.1, 0.15) is 0 Å². The number of carbonyl (C=O) groups is 1. The molecule has 1 heterocycles. The van der Waals surface area contributed by atoms with Crippen LogP contribution < -0.4 is 5.32 Å². The number of benzene rings is 1. The van der Waals surface area contributed by atoms with E-state index in [0.717, 1.165) is 35.6 Å². The number of hydrogen-bond acceptors (Lipinski definition) is 2. The Bertz CT molecular complexity index is 536. The van der Waals surface area contributed by atoms with Gasteiger partial charge in [0, 0.05) is 10.7 Å². The lowest BCUT2D eigenvalue weighted by Crippen LogP contribution is -2.19. The zero-order valence-electron chi connectivity index (χ0n) is 11.7. The summed E-state index contributed by atoms with van der Waals surface area (Å²) >= 11 is 6.29. The molecule has 0 spiro atoms. The number of carbonyl (C=O) groups excluding carboxylic acids is 1. The van der Waals surface area contributed by atoms with Crippen molar-refractivity contribution in [2.45, 2.75) is 45.1 Å². The number of fused-ring (bicyclic) bond motifs is 1. The zero-order valence-corrected chi connectivity index (χ0v) is 12.4. The fourth-order valence-electron chi connectivity index (χ4n) is 3.35. The number of anilines is 1. The summed E-state index contributed by atoms with van der Waals surface area (Å²) in [6, 6.07) is 3.67. The van der Waals surface area contributed by atoms with Gasteiger partial charge >= 0.3 is 0 Å². The van der Waals surface area contributed by atoms with Crippen LogP contribution in [0.2, 0.25) is 5.02 Å². The van der Waals surface area contributed by atoms with E-state index in [-0.39, 0.29) is 11.8 Å². The van der Waals surface area contributed by atoms with Crippen LogP contribution in [-0.2, 0) is 11.2 Å². The maximum absolute atomic E-state index is 11.4. The van der Waals surface area contributed by atoms with Crippen molar-refractivity contribution >= 4 is 23.2 Å². The Kier molecular flexibility index (Phi) is 3.74. The summed E-state index contributed by atoms with van der Waals surface area (Å²) in [6.45, 7) is 2.27. The fraction of sp³-hybridized carbons (Fsp3) is 0.562. The highest BCUT2D eigenvalue weighted by Crippen LogP contribution is 2.40. The van der Waals surface area contributed by atoms with Crippen molar-refractivity contribution < 1.29 is 9.90 Å². The first-order valence-corrected chi connectivity index (χ1v) is 7.72. The minimum Gasteiger partial charge on any atom is -0.388 e. The van der Waals surface area contributed by atoms with Crippen LogP contribution in [0.3, 0.4) is 0 Å². The standard InChI is InChI=1S/C16H20ClNO2/c1-9-2-4-10(5-3-9)16(20)12-6-11-7-15(19)18-14(11)8-13(12)17/h6,8-10,16,20H,2-5,7H2,1H3,(H,18,19). The van der Waals surface area contributed by atoms with Crippen molar-refractivity contribution in [2.24, 2.45) is 11.8 Å². The highest BCUT2D eigenvalue weighted by atomic mass is 35.5. The lowest BCUT2D eigenvalue weighted by atomic mass is 9.78. The first-order chi connectivity index (χ1) is 9.54. The van der Waals surface area contributed by atoms with Crippen LogP contribution in [0, 0.1) is 11.8 Å². The highest BCUT2D eigenvalue weighted by molar-refractivity contribution is 6.32. The maximum Gasteiger partial charge on any atom is 0.228 e. The summed E-state index contributed by atoms with van der Waals surface area (Å²) in [7, 11) is 0. The van der Waals surface area contributed by atoms with Gasteiger partial charge < -0.3 is 10.4 Å². The third-order valence-corrected chi connectivity index (χ3v) is 5.00. The molecule has 3 rings (SSSR count). The molecule has 2 N–H and O–H groups in total. The Morgan fingerprint density at radius 1 is 1.30 bits per heavy atom. The molecule has 0 radical (unpaired) electrons. The van der Waals surface area contributed by atoms with Crippen LogP contribution in [0.25, 0.3) is 0 Å². The predicted octanol–water partition coefficient (Wildman–Crippen LogP) is 3.69. The van der Waals surface area contributed by atoms with Gasteiger partial charge in [-0.25, -0.2) is 0 Å². The molecule has 3 nitrogen and oxygen atoms in total. The van der Waals surface area contributed by atoms with Crippen LogP contribution in [0.5, 0.6) is 0 Å². The van der Waals surface area contributed by atoms with E-state index in [2.05, 4.69) is 12.2 Å². The summed E-state index contributed by atoms with van der Waals surface area (Å²) in [6.07, 6.45) is 4.30. The molecule has 1 aliphatic carbocycles. The fourth-order valence-corrected chi connectivity index (χ4v) is 3.62. The van der Waals surface area contributed by atoms with E-state index in [4.69, 9.17) is 11.6 Å². The van der Waals surface area contributed by atoms with E-state index in [1.54, 1.807) is 6.07 Å². The molecule has 0 saturated heterocycles. The minimum absolute atomic E-state index is 0.00537. The normalized spacial score (nSPS) is 27.1. The molecular formula is C16H20ClNO2. The van der Waals surface area contributed by atoms with E-state index < -0.39 is 6.10 Å². The molecule has 0 aromatic heterocycles. The average Bonchev–Trinajstić information content (AvgIpc) is 2.77. The largest absolute Gasteiger partial charge is 0.388 e. The molecule has 1 aliphatic heterocycles. The van der Waals surface area contributed by atoms with E-state index in [0.29, 0.717) is 11.4 Å². The number of aliphatic hydroxyl groups excluding tert-OH is 1. The topological polar surface area (TPSA) is 49.3 Å². The zero-order chi connectivity index (χ0) is 14.3. The van der Waals surface area contributed by atoms with Crippen LogP contribution in [0.1, 0.15) is 49.8 Å². The summed E-state index contributed by atoms with van der Waals surface area (Å²) in [5.41, 5.74) is 2.51. The molecule has 1 amide bonds. The van der Waals surface area contributed by atoms with Crippen molar-refractivity contribution in [1.82, 2.24) is 0 Å². The van der Waals surface area contributed by atoms with Crippen molar-refractivity contribution in [3.05, 3.63) is 28.3 Å². The molecule has 1 aromatic rings. The first-order valence-electron chi connectivity index (χ1n) is 7.35. The van der Waals surface area contributed by atoms with Crippen LogP contribution in [0.15, 0.2) is 12.1 Å². The van der Waals surface area contributed by atoms with Crippen molar-refractivity contribution in [2.75, 3.05) is 5.32 Å². The second kappa shape index (κ2) is 5.38. The minimum atomic E-state index is -0.518. The SMILES string of the molecule is CC1CCC(C(O)c2cc3c(cc2Cl)NC(=O)C3)CC1. The molecule has 0 bridgehead atoms. The first kappa shape index (κ1) is 13.9. The summed E-state index contributed by atoms with van der Waals surface area (Å²) in [4.78, 5) is 11.4. The number of halogens is 1. The second-order valence-electron chi connectivity index (χ2n) is 6.22. The molecular weight excluding hydrogens is 274 g/mol. The van der Waals surface area contributed by atoms with Gasteiger partial charge in [0.25, 0.3) is 0 Å². The number of aliphatic hydroxyl groups is 1. The Balaban J connectivity index is 1.83. The predicted molar refractivity (Wildman–Crippen MR) is 79.9 cm³/mol. The maximum atomic E-state index is 11.4. The number of nitrogens with one attached hydrogen (secondary N) is 1. The van der Waals surface area contributed by atoms with Gasteiger partial charge in [-0.2, -0.15) is 0 Å². The molecule has 1 unspecified atom stereocenters. The van der Waals surface area contributed by atoms with E-state index in [1.165, 1.54) is 12.8 Å². The number of amides is 1. The van der Waals surface area contributed by atoms with Crippen molar-refractivity contribution in [1.29, 1.82) is 0 Å².